The summed E-state index contributed by atoms with van der Waals surface area (Å²) in [6.45, 7) is 2.32. The van der Waals surface area contributed by atoms with Crippen molar-refractivity contribution in [3.05, 3.63) is 35.9 Å². The molecule has 1 aliphatic rings. The Kier molecular flexibility index (Phi) is 5.95. The first-order valence-electron chi connectivity index (χ1n) is 8.22. The van der Waals surface area contributed by atoms with E-state index >= 15 is 0 Å². The van der Waals surface area contributed by atoms with E-state index in [-0.39, 0.29) is 18.4 Å². The van der Waals surface area contributed by atoms with Gasteiger partial charge in [0.2, 0.25) is 5.78 Å². The molecule has 1 fully saturated rings. The van der Waals surface area contributed by atoms with Crippen LogP contribution in [0.15, 0.2) is 30.3 Å². The molecule has 1 aromatic rings. The predicted molar refractivity (Wildman–Crippen MR) is 85.3 cm³/mol. The van der Waals surface area contributed by atoms with Gasteiger partial charge in [-0.15, -0.1) is 0 Å². The topological polar surface area (TPSA) is 37.3 Å². The van der Waals surface area contributed by atoms with Gasteiger partial charge in [-0.3, -0.25) is 4.79 Å². The maximum Gasteiger partial charge on any atom is 0.219 e. The van der Waals surface area contributed by atoms with Crippen molar-refractivity contribution < 1.29 is 14.4 Å². The van der Waals surface area contributed by atoms with Crippen molar-refractivity contribution in [2.75, 3.05) is 26.7 Å². The first-order chi connectivity index (χ1) is 10.2. The molecule has 0 aliphatic carbocycles. The summed E-state index contributed by atoms with van der Waals surface area (Å²) >= 11 is 0. The highest BCUT2D eigenvalue weighted by Crippen LogP contribution is 2.25. The molecular weight excluding hydrogens is 262 g/mol. The van der Waals surface area contributed by atoms with Gasteiger partial charge in [0.25, 0.3) is 0 Å². The largest absolute Gasteiger partial charge is 0.396 e. The molecule has 3 heteroatoms. The summed E-state index contributed by atoms with van der Waals surface area (Å²) < 4.78 is 0.841. The second kappa shape index (κ2) is 7.71. The molecule has 0 spiro atoms. The number of likely N-dealkylation sites (N-methyl/N-ethyl adjacent to an activating group) is 1. The minimum absolute atomic E-state index is 0.0161. The molecule has 3 nitrogen and oxygen atoms in total. The number of hydrogen-bond donors (Lipinski definition) is 1. The summed E-state index contributed by atoms with van der Waals surface area (Å²) in [4.78, 5) is 13.0. The second-order valence-electron chi connectivity index (χ2n) is 6.45. The Labute approximate surface area is 128 Å². The fourth-order valence-electron chi connectivity index (χ4n) is 3.53. The molecule has 1 unspecified atom stereocenters. The SMILES string of the molecule is C[N+]1(C(CCCO)C(=O)c2ccccc2)CCCCCC1. The van der Waals surface area contributed by atoms with E-state index in [2.05, 4.69) is 7.05 Å². The van der Waals surface area contributed by atoms with Gasteiger partial charge in [-0.2, -0.15) is 0 Å². The Morgan fingerprint density at radius 3 is 2.33 bits per heavy atom. The number of Topliss-reactive ketones (excluding diaryl/α,β-unsaturated/α-hetero) is 1. The van der Waals surface area contributed by atoms with Crippen molar-refractivity contribution in [1.82, 2.24) is 0 Å². The van der Waals surface area contributed by atoms with Crippen LogP contribution in [-0.2, 0) is 0 Å². The molecule has 0 radical (unpaired) electrons. The number of likely N-dealkylation sites (tertiary alicyclic amines) is 1. The summed E-state index contributed by atoms with van der Waals surface area (Å²) in [5.74, 6) is 0.244. The van der Waals surface area contributed by atoms with Crippen LogP contribution in [-0.4, -0.2) is 48.2 Å². The van der Waals surface area contributed by atoms with Gasteiger partial charge in [-0.1, -0.05) is 30.3 Å². The smallest absolute Gasteiger partial charge is 0.219 e. The van der Waals surface area contributed by atoms with Crippen LogP contribution in [0.25, 0.3) is 0 Å². The van der Waals surface area contributed by atoms with Crippen LogP contribution in [0.4, 0.5) is 0 Å². The number of quaternary nitrogens is 1. The number of carbonyl (C=O) groups excluding carboxylic acids is 1. The average Bonchev–Trinajstić information content (AvgIpc) is 2.74. The van der Waals surface area contributed by atoms with Gasteiger partial charge in [0, 0.05) is 18.6 Å². The highest BCUT2D eigenvalue weighted by atomic mass is 16.3. The molecule has 21 heavy (non-hydrogen) atoms. The van der Waals surface area contributed by atoms with E-state index in [4.69, 9.17) is 0 Å². The lowest BCUT2D eigenvalue weighted by Crippen LogP contribution is -2.56. The first-order valence-corrected chi connectivity index (χ1v) is 8.22. The van der Waals surface area contributed by atoms with Crippen LogP contribution in [0.2, 0.25) is 0 Å². The lowest BCUT2D eigenvalue weighted by atomic mass is 9.96. The molecule has 0 bridgehead atoms. The van der Waals surface area contributed by atoms with Crippen LogP contribution in [0.5, 0.6) is 0 Å². The van der Waals surface area contributed by atoms with Crippen molar-refractivity contribution in [3.8, 4) is 0 Å². The Bertz CT molecular complexity index is 436. The van der Waals surface area contributed by atoms with Gasteiger partial charge in [-0.25, -0.2) is 0 Å². The quantitative estimate of drug-likeness (QED) is 0.646. The van der Waals surface area contributed by atoms with Crippen molar-refractivity contribution >= 4 is 5.78 Å². The predicted octanol–water partition coefficient (Wildman–Crippen LogP) is 3.03. The highest BCUT2D eigenvalue weighted by molar-refractivity contribution is 5.99. The van der Waals surface area contributed by atoms with Gasteiger partial charge < -0.3 is 9.59 Å². The van der Waals surface area contributed by atoms with E-state index in [1.807, 2.05) is 30.3 Å². The fourth-order valence-corrected chi connectivity index (χ4v) is 3.53. The maximum atomic E-state index is 13.0. The van der Waals surface area contributed by atoms with E-state index in [1.54, 1.807) is 0 Å². The van der Waals surface area contributed by atoms with E-state index < -0.39 is 0 Å². The molecule has 116 valence electrons. The van der Waals surface area contributed by atoms with E-state index in [1.165, 1.54) is 25.7 Å². The zero-order chi connectivity index (χ0) is 15.1. The maximum absolute atomic E-state index is 13.0. The van der Waals surface area contributed by atoms with Crippen molar-refractivity contribution in [1.29, 1.82) is 0 Å². The lowest BCUT2D eigenvalue weighted by molar-refractivity contribution is -0.923. The molecule has 2 rings (SSSR count). The lowest BCUT2D eigenvalue weighted by Gasteiger charge is -2.40. The third kappa shape index (κ3) is 4.14. The third-order valence-corrected chi connectivity index (χ3v) is 4.84. The number of aliphatic hydroxyl groups is 1. The zero-order valence-corrected chi connectivity index (χ0v) is 13.1. The van der Waals surface area contributed by atoms with Crippen LogP contribution >= 0.6 is 0 Å². The van der Waals surface area contributed by atoms with Crippen LogP contribution in [0.3, 0.4) is 0 Å². The number of ketones is 1. The number of benzene rings is 1. The molecule has 1 aliphatic heterocycles. The zero-order valence-electron chi connectivity index (χ0n) is 13.1. The summed E-state index contributed by atoms with van der Waals surface area (Å²) in [6.07, 6.45) is 6.44. The minimum atomic E-state index is -0.0161. The van der Waals surface area contributed by atoms with Crippen LogP contribution in [0, 0.1) is 0 Å². The third-order valence-electron chi connectivity index (χ3n) is 4.84. The number of rotatable bonds is 6. The molecule has 0 amide bonds. The standard InChI is InChI=1S/C18H28NO2/c1-19(13-7-2-3-8-14-19)17(12-9-15-20)18(21)16-10-5-4-6-11-16/h4-6,10-11,17,20H,2-3,7-9,12-15H2,1H3/q+1. The molecule has 0 aromatic heterocycles. The Morgan fingerprint density at radius 2 is 1.76 bits per heavy atom. The Hall–Kier alpha value is -1.19. The van der Waals surface area contributed by atoms with Gasteiger partial charge in [0.1, 0.15) is 0 Å². The van der Waals surface area contributed by atoms with Crippen LogP contribution < -0.4 is 0 Å². The van der Waals surface area contributed by atoms with E-state index in [0.717, 1.165) is 29.6 Å². The van der Waals surface area contributed by atoms with Crippen molar-refractivity contribution in [2.45, 2.75) is 44.6 Å². The van der Waals surface area contributed by atoms with Crippen molar-refractivity contribution in [2.24, 2.45) is 0 Å². The summed E-state index contributed by atoms with van der Waals surface area (Å²) in [5, 5.41) is 9.19. The molecular formula is C18H28NO2+. The monoisotopic (exact) mass is 290 g/mol. The van der Waals surface area contributed by atoms with Gasteiger partial charge in [0.05, 0.1) is 20.1 Å². The molecule has 1 N–H and O–H groups in total. The normalized spacial score (nSPS) is 19.7. The number of nitrogens with zero attached hydrogens (tertiary/aromatic N) is 1. The molecule has 1 heterocycles. The first kappa shape index (κ1) is 16.2. The highest BCUT2D eigenvalue weighted by Gasteiger charge is 2.38. The Morgan fingerprint density at radius 1 is 1.14 bits per heavy atom. The molecule has 1 aromatic carbocycles. The van der Waals surface area contributed by atoms with Crippen molar-refractivity contribution in [3.63, 3.8) is 0 Å². The average molecular weight is 290 g/mol. The summed E-state index contributed by atoms with van der Waals surface area (Å²) in [5.41, 5.74) is 0.809. The van der Waals surface area contributed by atoms with Gasteiger partial charge >= 0.3 is 0 Å². The number of carbonyl (C=O) groups is 1. The summed E-state index contributed by atoms with van der Waals surface area (Å²) in [7, 11) is 2.23. The van der Waals surface area contributed by atoms with E-state index in [0.29, 0.717) is 6.42 Å². The number of aliphatic hydroxyl groups excluding tert-OH is 1. The van der Waals surface area contributed by atoms with Crippen LogP contribution in [0.1, 0.15) is 48.9 Å². The Balaban J connectivity index is 2.22. The van der Waals surface area contributed by atoms with Gasteiger partial charge in [-0.05, 0) is 32.1 Å². The fraction of sp³-hybridized carbons (Fsp3) is 0.611. The van der Waals surface area contributed by atoms with Gasteiger partial charge in [0.15, 0.2) is 6.04 Å². The second-order valence-corrected chi connectivity index (χ2v) is 6.45. The molecule has 1 saturated heterocycles. The number of hydrogen-bond acceptors (Lipinski definition) is 2. The minimum Gasteiger partial charge on any atom is -0.396 e. The molecule has 0 saturated carbocycles. The summed E-state index contributed by atoms with van der Waals surface area (Å²) in [6, 6.07) is 9.62. The molecule has 1 atom stereocenters. The van der Waals surface area contributed by atoms with E-state index in [9.17, 15) is 9.90 Å².